The second-order valence-electron chi connectivity index (χ2n) is 9.49. The first kappa shape index (κ1) is 39.2. The number of rotatable bonds is 10. The molecule has 0 aliphatic rings. The summed E-state index contributed by atoms with van der Waals surface area (Å²) < 4.78 is 58.1. The van der Waals surface area contributed by atoms with Crippen molar-refractivity contribution in [3.8, 4) is 22.6 Å². The van der Waals surface area contributed by atoms with Crippen molar-refractivity contribution in [1.29, 1.82) is 0 Å². The van der Waals surface area contributed by atoms with Crippen molar-refractivity contribution in [2.75, 3.05) is 19.8 Å². The van der Waals surface area contributed by atoms with E-state index >= 15 is 0 Å². The molecule has 0 aromatic heterocycles. The average Bonchev–Trinajstić information content (AvgIpc) is 3.07. The van der Waals surface area contributed by atoms with Gasteiger partial charge in [-0.25, -0.2) is 9.59 Å². The molecule has 4 aromatic carbocycles. The summed E-state index contributed by atoms with van der Waals surface area (Å²) in [4.78, 5) is 34.4. The SMILES string of the molecule is CCOC(=O)C(C)OC(=O)c1cc(Oc2ccc(C(F)(F)F)cc2Cl)ccc1[N+](=O)[O-].CCOCC.c1ccc(-c2ccccc2)cc1. The van der Waals surface area contributed by atoms with Gasteiger partial charge in [0, 0.05) is 25.3 Å². The molecular formula is C35H35ClF3NO8. The number of alkyl halides is 3. The molecule has 9 nitrogen and oxygen atoms in total. The predicted octanol–water partition coefficient (Wildman–Crippen LogP) is 9.56. The molecule has 0 amide bonds. The lowest BCUT2D eigenvalue weighted by Crippen LogP contribution is -2.26. The summed E-state index contributed by atoms with van der Waals surface area (Å²) >= 11 is 5.83. The maximum Gasteiger partial charge on any atom is 0.416 e. The van der Waals surface area contributed by atoms with E-state index in [2.05, 4.69) is 48.5 Å². The molecule has 0 N–H and O–H groups in total. The van der Waals surface area contributed by atoms with Crippen molar-refractivity contribution < 1.29 is 46.6 Å². The number of carbonyl (C=O) groups is 2. The topological polar surface area (TPSA) is 114 Å². The van der Waals surface area contributed by atoms with Crippen LogP contribution in [0.2, 0.25) is 5.02 Å². The molecule has 13 heteroatoms. The standard InChI is InChI=1S/C19H15ClF3NO7.C12H10.C4H10O/c1-3-29-17(25)10(2)30-18(26)13-9-12(5-6-15(13)24(27)28)31-16-7-4-11(8-14(16)20)19(21,22)23;1-3-7-11(8-4-1)12-9-5-2-6-10-12;1-3-5-4-2/h4-10H,3H2,1-2H3;1-10H;3-4H2,1-2H3. The number of ether oxygens (including phenoxy) is 4. The maximum absolute atomic E-state index is 12.8. The summed E-state index contributed by atoms with van der Waals surface area (Å²) in [6, 6.07) is 26.2. The van der Waals surface area contributed by atoms with E-state index in [1.54, 1.807) is 6.92 Å². The van der Waals surface area contributed by atoms with Crippen molar-refractivity contribution in [3.63, 3.8) is 0 Å². The molecule has 0 saturated heterocycles. The van der Waals surface area contributed by atoms with Gasteiger partial charge in [-0.05, 0) is 63.1 Å². The Morgan fingerprint density at radius 2 is 1.40 bits per heavy atom. The van der Waals surface area contributed by atoms with Gasteiger partial charge >= 0.3 is 18.1 Å². The van der Waals surface area contributed by atoms with Crippen LogP contribution in [0, 0.1) is 10.1 Å². The molecule has 0 aliphatic heterocycles. The Hall–Kier alpha value is -4.94. The first-order chi connectivity index (χ1) is 22.8. The average molecular weight is 690 g/mol. The van der Waals surface area contributed by atoms with Gasteiger partial charge in [0.15, 0.2) is 6.10 Å². The van der Waals surface area contributed by atoms with E-state index < -0.39 is 46.0 Å². The molecule has 48 heavy (non-hydrogen) atoms. The van der Waals surface area contributed by atoms with E-state index in [1.165, 1.54) is 18.1 Å². The summed E-state index contributed by atoms with van der Waals surface area (Å²) in [5, 5.41) is 10.9. The minimum absolute atomic E-state index is 0.0398. The monoisotopic (exact) mass is 689 g/mol. The largest absolute Gasteiger partial charge is 0.463 e. The lowest BCUT2D eigenvalue weighted by Gasteiger charge is -2.13. The Kier molecular flexibility index (Phi) is 16.1. The third-order valence-electron chi connectivity index (χ3n) is 6.06. The second-order valence-corrected chi connectivity index (χ2v) is 9.90. The van der Waals surface area contributed by atoms with Crippen molar-refractivity contribution in [2.24, 2.45) is 0 Å². The van der Waals surface area contributed by atoms with Gasteiger partial charge in [-0.15, -0.1) is 0 Å². The highest BCUT2D eigenvalue weighted by molar-refractivity contribution is 6.32. The summed E-state index contributed by atoms with van der Waals surface area (Å²) in [5.74, 6) is -2.36. The molecular weight excluding hydrogens is 655 g/mol. The third kappa shape index (κ3) is 12.7. The van der Waals surface area contributed by atoms with Crippen molar-refractivity contribution in [1.82, 2.24) is 0 Å². The van der Waals surface area contributed by atoms with Gasteiger partial charge in [0.2, 0.25) is 0 Å². The summed E-state index contributed by atoms with van der Waals surface area (Å²) in [5.41, 5.74) is 0.385. The Balaban J connectivity index is 0.000000382. The Morgan fingerprint density at radius 3 is 1.83 bits per heavy atom. The van der Waals surface area contributed by atoms with Gasteiger partial charge in [-0.3, -0.25) is 10.1 Å². The van der Waals surface area contributed by atoms with Crippen LogP contribution in [-0.4, -0.2) is 42.8 Å². The van der Waals surface area contributed by atoms with Crippen LogP contribution < -0.4 is 4.74 Å². The fourth-order valence-corrected chi connectivity index (χ4v) is 4.00. The van der Waals surface area contributed by atoms with Crippen LogP contribution in [0.25, 0.3) is 11.1 Å². The van der Waals surface area contributed by atoms with Crippen LogP contribution in [0.3, 0.4) is 0 Å². The molecule has 0 fully saturated rings. The number of nitrogens with zero attached hydrogens (tertiary/aromatic N) is 1. The normalized spacial score (nSPS) is 11.1. The summed E-state index contributed by atoms with van der Waals surface area (Å²) in [6.45, 7) is 8.48. The van der Waals surface area contributed by atoms with Crippen LogP contribution in [0.15, 0.2) is 97.1 Å². The number of halogens is 4. The van der Waals surface area contributed by atoms with Crippen molar-refractivity contribution in [3.05, 3.63) is 123 Å². The fourth-order valence-electron chi connectivity index (χ4n) is 3.79. The zero-order valence-electron chi connectivity index (χ0n) is 26.7. The molecule has 0 bridgehead atoms. The van der Waals surface area contributed by atoms with Crippen LogP contribution in [-0.2, 0) is 25.2 Å². The third-order valence-corrected chi connectivity index (χ3v) is 6.36. The summed E-state index contributed by atoms with van der Waals surface area (Å²) in [7, 11) is 0. The Bertz CT molecular complexity index is 1580. The van der Waals surface area contributed by atoms with E-state index in [-0.39, 0.29) is 23.1 Å². The quantitative estimate of drug-likeness (QED) is 0.0919. The lowest BCUT2D eigenvalue weighted by molar-refractivity contribution is -0.385. The number of benzene rings is 4. The minimum Gasteiger partial charge on any atom is -0.463 e. The molecule has 0 spiro atoms. The predicted molar refractivity (Wildman–Crippen MR) is 175 cm³/mol. The first-order valence-corrected chi connectivity index (χ1v) is 15.1. The van der Waals surface area contributed by atoms with Crippen LogP contribution >= 0.6 is 11.6 Å². The van der Waals surface area contributed by atoms with E-state index in [0.717, 1.165) is 43.5 Å². The number of hydrogen-bond donors (Lipinski definition) is 0. The molecule has 1 unspecified atom stereocenters. The van der Waals surface area contributed by atoms with Crippen molar-refractivity contribution in [2.45, 2.75) is 40.0 Å². The number of hydrogen-bond acceptors (Lipinski definition) is 8. The van der Waals surface area contributed by atoms with Gasteiger partial charge in [0.05, 0.1) is 22.1 Å². The molecule has 0 saturated carbocycles. The Morgan fingerprint density at radius 1 is 0.833 bits per heavy atom. The minimum atomic E-state index is -4.61. The van der Waals surface area contributed by atoms with Gasteiger partial charge in [-0.2, -0.15) is 13.2 Å². The maximum atomic E-state index is 12.8. The van der Waals surface area contributed by atoms with Gasteiger partial charge < -0.3 is 18.9 Å². The molecule has 4 rings (SSSR count). The lowest BCUT2D eigenvalue weighted by atomic mass is 10.1. The molecule has 1 atom stereocenters. The Labute approximate surface area is 281 Å². The first-order valence-electron chi connectivity index (χ1n) is 14.7. The van der Waals surface area contributed by atoms with Gasteiger partial charge in [-0.1, -0.05) is 72.3 Å². The van der Waals surface area contributed by atoms with Crippen LogP contribution in [0.4, 0.5) is 18.9 Å². The van der Waals surface area contributed by atoms with E-state index in [0.29, 0.717) is 6.07 Å². The van der Waals surface area contributed by atoms with E-state index in [1.807, 2.05) is 26.0 Å². The highest BCUT2D eigenvalue weighted by Crippen LogP contribution is 2.37. The zero-order valence-corrected chi connectivity index (χ0v) is 27.4. The second kappa shape index (κ2) is 19.7. The van der Waals surface area contributed by atoms with Gasteiger partial charge in [0.25, 0.3) is 5.69 Å². The number of esters is 2. The number of nitro groups is 1. The highest BCUT2D eigenvalue weighted by Gasteiger charge is 2.31. The highest BCUT2D eigenvalue weighted by atomic mass is 35.5. The van der Waals surface area contributed by atoms with Crippen LogP contribution in [0.1, 0.15) is 43.6 Å². The number of carbonyl (C=O) groups excluding carboxylic acids is 2. The smallest absolute Gasteiger partial charge is 0.416 e. The van der Waals surface area contributed by atoms with Crippen molar-refractivity contribution >= 4 is 29.2 Å². The molecule has 0 aliphatic carbocycles. The molecule has 256 valence electrons. The number of nitro benzene ring substituents is 1. The van der Waals surface area contributed by atoms with E-state index in [4.69, 9.17) is 30.5 Å². The molecule has 0 heterocycles. The molecule has 0 radical (unpaired) electrons. The summed E-state index contributed by atoms with van der Waals surface area (Å²) in [6.07, 6.45) is -5.94. The fraction of sp³-hybridized carbons (Fsp3) is 0.257. The van der Waals surface area contributed by atoms with Gasteiger partial charge in [0.1, 0.15) is 17.1 Å². The van der Waals surface area contributed by atoms with E-state index in [9.17, 15) is 32.9 Å². The zero-order chi connectivity index (χ0) is 35.7. The van der Waals surface area contributed by atoms with Crippen LogP contribution in [0.5, 0.6) is 11.5 Å². The molecule has 4 aromatic rings.